The fourth-order valence-corrected chi connectivity index (χ4v) is 3.45. The lowest BCUT2D eigenvalue weighted by Gasteiger charge is -2.27. The molecule has 0 radical (unpaired) electrons. The average molecular weight is 395 g/mol. The predicted molar refractivity (Wildman–Crippen MR) is 95.7 cm³/mol. The van der Waals surface area contributed by atoms with Crippen molar-refractivity contribution in [2.75, 3.05) is 0 Å². The Labute approximate surface area is 157 Å². The molecule has 0 aromatic heterocycles. The van der Waals surface area contributed by atoms with Crippen LogP contribution in [0.15, 0.2) is 21.9 Å². The van der Waals surface area contributed by atoms with Crippen molar-refractivity contribution in [2.24, 2.45) is 11.8 Å². The van der Waals surface area contributed by atoms with Gasteiger partial charge in [0.1, 0.15) is 0 Å². The van der Waals surface area contributed by atoms with Gasteiger partial charge in [0.25, 0.3) is 0 Å². The Kier molecular flexibility index (Phi) is 7.92. The third kappa shape index (κ3) is 5.68. The van der Waals surface area contributed by atoms with E-state index < -0.39 is 17.8 Å². The number of carbonyl (C=O) groups is 2. The molecule has 0 bridgehead atoms. The summed E-state index contributed by atoms with van der Waals surface area (Å²) in [6, 6.07) is 0.198. The number of amides is 1. The van der Waals surface area contributed by atoms with Crippen molar-refractivity contribution in [3.05, 3.63) is 21.9 Å². The van der Waals surface area contributed by atoms with Crippen molar-refractivity contribution in [1.29, 1.82) is 0 Å². The van der Waals surface area contributed by atoms with Gasteiger partial charge in [0, 0.05) is 6.04 Å². The van der Waals surface area contributed by atoms with Crippen LogP contribution < -0.4 is 5.32 Å². The molecule has 2 aliphatic rings. The van der Waals surface area contributed by atoms with Crippen molar-refractivity contribution < 1.29 is 14.3 Å². The molecule has 1 saturated carbocycles. The minimum atomic E-state index is -0.581. The Morgan fingerprint density at radius 3 is 2.08 bits per heavy atom. The molecule has 1 fully saturated rings. The minimum absolute atomic E-state index is 0.0923. The normalized spacial score (nSPS) is 24.8. The smallest absolute Gasteiger partial charge is 0.316 e. The van der Waals surface area contributed by atoms with Gasteiger partial charge in [-0.25, -0.2) is 0 Å². The van der Waals surface area contributed by atoms with Crippen LogP contribution in [0.2, 0.25) is 0 Å². The second-order valence-electron chi connectivity index (χ2n) is 6.31. The summed E-state index contributed by atoms with van der Waals surface area (Å²) in [5.74, 6) is -1.71. The highest BCUT2D eigenvalue weighted by Crippen LogP contribution is 2.30. The van der Waals surface area contributed by atoms with Crippen molar-refractivity contribution in [1.82, 2.24) is 5.32 Å². The molecular formula is C17H22Cl3NO3. The van der Waals surface area contributed by atoms with Gasteiger partial charge in [0.05, 0.1) is 11.8 Å². The summed E-state index contributed by atoms with van der Waals surface area (Å²) < 4.78 is 4.66. The van der Waals surface area contributed by atoms with Crippen LogP contribution in [0.3, 0.4) is 0 Å². The van der Waals surface area contributed by atoms with E-state index in [1.54, 1.807) is 0 Å². The molecule has 0 saturated heterocycles. The van der Waals surface area contributed by atoms with Crippen molar-refractivity contribution in [3.8, 4) is 0 Å². The van der Waals surface area contributed by atoms with Gasteiger partial charge >= 0.3 is 5.97 Å². The van der Waals surface area contributed by atoms with Gasteiger partial charge in [0.15, 0.2) is 4.49 Å². The molecule has 2 aliphatic carbocycles. The quantitative estimate of drug-likeness (QED) is 0.323. The van der Waals surface area contributed by atoms with E-state index in [4.69, 9.17) is 39.5 Å². The Hall–Kier alpha value is -0.710. The molecule has 0 heterocycles. The van der Waals surface area contributed by atoms with E-state index in [1.165, 1.54) is 12.8 Å². The lowest BCUT2D eigenvalue weighted by molar-refractivity contribution is -0.148. The predicted octanol–water partition coefficient (Wildman–Crippen LogP) is 4.79. The zero-order valence-electron chi connectivity index (χ0n) is 13.4. The van der Waals surface area contributed by atoms with Crippen LogP contribution in [0, 0.1) is 11.8 Å². The first-order chi connectivity index (χ1) is 11.5. The molecule has 4 nitrogen and oxygen atoms in total. The van der Waals surface area contributed by atoms with Gasteiger partial charge in [-0.2, -0.15) is 0 Å². The van der Waals surface area contributed by atoms with Crippen LogP contribution in [0.5, 0.6) is 0 Å². The molecule has 0 unspecified atom stereocenters. The zero-order chi connectivity index (χ0) is 17.5. The first-order valence-electron chi connectivity index (χ1n) is 8.37. The summed E-state index contributed by atoms with van der Waals surface area (Å²) in [6.45, 7) is 0. The number of nitrogens with one attached hydrogen (secondary N) is 1. The summed E-state index contributed by atoms with van der Waals surface area (Å²) in [4.78, 5) is 25.0. The molecule has 24 heavy (non-hydrogen) atoms. The minimum Gasteiger partial charge on any atom is -0.411 e. The summed E-state index contributed by atoms with van der Waals surface area (Å²) in [6.07, 6.45) is 11.5. The highest BCUT2D eigenvalue weighted by Gasteiger charge is 2.36. The molecule has 1 N–H and O–H groups in total. The molecule has 0 aromatic rings. The molecule has 0 aliphatic heterocycles. The monoisotopic (exact) mass is 393 g/mol. The van der Waals surface area contributed by atoms with Crippen LogP contribution in [-0.4, -0.2) is 17.9 Å². The van der Waals surface area contributed by atoms with E-state index in [-0.39, 0.29) is 21.7 Å². The molecule has 1 amide bonds. The van der Waals surface area contributed by atoms with Gasteiger partial charge in [-0.15, -0.1) is 0 Å². The number of halogens is 3. The number of ether oxygens (including phenoxy) is 1. The van der Waals surface area contributed by atoms with E-state index >= 15 is 0 Å². The third-order valence-electron chi connectivity index (χ3n) is 4.61. The lowest BCUT2D eigenvalue weighted by atomic mass is 9.82. The fraction of sp³-hybridized carbons (Fsp3) is 0.647. The Balaban J connectivity index is 2.00. The van der Waals surface area contributed by atoms with Gasteiger partial charge in [0.2, 0.25) is 11.1 Å². The number of hydrogen-bond donors (Lipinski definition) is 1. The molecule has 0 spiro atoms. The number of esters is 1. The summed E-state index contributed by atoms with van der Waals surface area (Å²) in [5, 5.41) is 2.75. The average Bonchev–Trinajstić information content (AvgIpc) is 2.83. The maximum Gasteiger partial charge on any atom is 0.316 e. The number of carbonyl (C=O) groups excluding carboxylic acids is 2. The third-order valence-corrected chi connectivity index (χ3v) is 5.42. The lowest BCUT2D eigenvalue weighted by Crippen LogP contribution is -2.43. The first kappa shape index (κ1) is 19.6. The van der Waals surface area contributed by atoms with Crippen LogP contribution >= 0.6 is 34.8 Å². The van der Waals surface area contributed by atoms with Gasteiger partial charge in [-0.05, 0) is 37.3 Å². The van der Waals surface area contributed by atoms with Crippen LogP contribution in [0.4, 0.5) is 0 Å². The summed E-state index contributed by atoms with van der Waals surface area (Å²) in [7, 11) is 0. The van der Waals surface area contributed by atoms with Crippen molar-refractivity contribution >= 4 is 46.7 Å². The van der Waals surface area contributed by atoms with Crippen LogP contribution in [0.1, 0.15) is 51.4 Å². The maximum atomic E-state index is 12.7. The van der Waals surface area contributed by atoms with Crippen LogP contribution in [-0.2, 0) is 14.3 Å². The molecule has 2 atom stereocenters. The van der Waals surface area contributed by atoms with E-state index in [0.717, 1.165) is 25.7 Å². The largest absolute Gasteiger partial charge is 0.411 e. The highest BCUT2D eigenvalue weighted by molar-refractivity contribution is 6.59. The van der Waals surface area contributed by atoms with E-state index in [0.29, 0.717) is 12.8 Å². The molecule has 134 valence electrons. The van der Waals surface area contributed by atoms with Crippen molar-refractivity contribution in [2.45, 2.75) is 57.4 Å². The van der Waals surface area contributed by atoms with Gasteiger partial charge in [-0.1, -0.05) is 61.0 Å². The second kappa shape index (κ2) is 9.69. The Morgan fingerprint density at radius 1 is 0.917 bits per heavy atom. The molecule has 0 aromatic carbocycles. The fourth-order valence-electron chi connectivity index (χ4n) is 3.30. The van der Waals surface area contributed by atoms with Crippen molar-refractivity contribution in [3.63, 3.8) is 0 Å². The summed E-state index contributed by atoms with van der Waals surface area (Å²) >= 11 is 16.7. The second-order valence-corrected chi connectivity index (χ2v) is 7.60. The zero-order valence-corrected chi connectivity index (χ0v) is 15.7. The first-order valence-corrected chi connectivity index (χ1v) is 9.50. The standard InChI is InChI=1S/C17H22Cl3NO3/c18-14(19)15(20)24-17(23)13-10-6-5-9-12(13)16(22)21-11-7-3-1-2-4-8-11/h5-6,11-13H,1-4,7-10H2,(H,21,22)/t12-,13+/m1/s1. The van der Waals surface area contributed by atoms with E-state index in [2.05, 4.69) is 5.32 Å². The van der Waals surface area contributed by atoms with Gasteiger partial charge in [-0.3, -0.25) is 9.59 Å². The number of rotatable bonds is 4. The molecule has 7 heteroatoms. The van der Waals surface area contributed by atoms with E-state index in [9.17, 15) is 9.59 Å². The van der Waals surface area contributed by atoms with Crippen LogP contribution in [0.25, 0.3) is 0 Å². The van der Waals surface area contributed by atoms with E-state index in [1.807, 2.05) is 12.2 Å². The van der Waals surface area contributed by atoms with Gasteiger partial charge < -0.3 is 10.1 Å². The number of hydrogen-bond acceptors (Lipinski definition) is 3. The Bertz CT molecular complexity index is 521. The number of allylic oxidation sites excluding steroid dienone is 2. The Morgan fingerprint density at radius 2 is 1.50 bits per heavy atom. The summed E-state index contributed by atoms with van der Waals surface area (Å²) in [5.41, 5.74) is 0. The topological polar surface area (TPSA) is 55.4 Å². The SMILES string of the molecule is O=C(OC(Cl)=C(Cl)Cl)[C@H]1CC=CC[C@H]1C(=O)NC1CCCCCC1. The maximum absolute atomic E-state index is 12.7. The molecular weight excluding hydrogens is 373 g/mol. The molecule has 2 rings (SSSR count). The highest BCUT2D eigenvalue weighted by atomic mass is 35.5.